The third-order valence-electron chi connectivity index (χ3n) is 3.64. The van der Waals surface area contributed by atoms with E-state index in [4.69, 9.17) is 5.21 Å². The first-order valence-corrected chi connectivity index (χ1v) is 7.99. The van der Waals surface area contributed by atoms with Crippen LogP contribution in [0.3, 0.4) is 0 Å². The van der Waals surface area contributed by atoms with Gasteiger partial charge < -0.3 is 5.21 Å². The van der Waals surface area contributed by atoms with Crippen LogP contribution in [0.15, 0.2) is 11.2 Å². The number of nitrogens with zero attached hydrogens (tertiary/aromatic N) is 1. The number of rotatable bonds is 5. The first kappa shape index (κ1) is 13.6. The maximum absolute atomic E-state index is 9.11. The highest BCUT2D eigenvalue weighted by molar-refractivity contribution is 7.12. The molecule has 0 saturated heterocycles. The fourth-order valence-corrected chi connectivity index (χ4v) is 3.85. The van der Waals surface area contributed by atoms with E-state index in [1.165, 1.54) is 53.8 Å². The second kappa shape index (κ2) is 6.93. The molecule has 1 aromatic heterocycles. The lowest BCUT2D eigenvalue weighted by atomic mass is 10.1. The average molecular weight is 265 g/mol. The molecule has 0 bridgehead atoms. The summed E-state index contributed by atoms with van der Waals surface area (Å²) in [7, 11) is 0. The molecule has 0 unspecified atom stereocenters. The molecule has 2 nitrogen and oxygen atoms in total. The number of hydrogen-bond acceptors (Lipinski definition) is 3. The van der Waals surface area contributed by atoms with Crippen molar-refractivity contribution in [3.05, 3.63) is 21.4 Å². The standard InChI is InChI=1S/C15H23NOS/c1-2-3-4-5-8-12-11-13-14(16-17)9-6-7-10-15(13)18-12/h11,17H,2-10H2,1H3/b16-14-. The van der Waals surface area contributed by atoms with Crippen molar-refractivity contribution in [2.45, 2.75) is 64.7 Å². The second-order valence-corrected chi connectivity index (χ2v) is 6.34. The zero-order valence-electron chi connectivity index (χ0n) is 11.2. The largest absolute Gasteiger partial charge is 0.411 e. The summed E-state index contributed by atoms with van der Waals surface area (Å²) in [5, 5.41) is 12.6. The van der Waals surface area contributed by atoms with Crippen LogP contribution in [-0.4, -0.2) is 10.9 Å². The molecule has 3 heteroatoms. The van der Waals surface area contributed by atoms with Gasteiger partial charge in [0.15, 0.2) is 0 Å². The Hall–Kier alpha value is -0.830. The maximum atomic E-state index is 9.11. The van der Waals surface area contributed by atoms with Crippen LogP contribution < -0.4 is 0 Å². The van der Waals surface area contributed by atoms with Crippen molar-refractivity contribution in [1.29, 1.82) is 0 Å². The van der Waals surface area contributed by atoms with Gasteiger partial charge in [-0.3, -0.25) is 0 Å². The van der Waals surface area contributed by atoms with E-state index in [2.05, 4.69) is 18.1 Å². The highest BCUT2D eigenvalue weighted by atomic mass is 32.1. The van der Waals surface area contributed by atoms with E-state index in [0.29, 0.717) is 0 Å². The quantitative estimate of drug-likeness (QED) is 0.353. The lowest BCUT2D eigenvalue weighted by Gasteiger charge is -1.98. The Kier molecular flexibility index (Phi) is 5.24. The molecule has 0 atom stereocenters. The molecule has 0 amide bonds. The highest BCUT2D eigenvalue weighted by Gasteiger charge is 2.17. The van der Waals surface area contributed by atoms with Crippen LogP contribution in [0.25, 0.3) is 0 Å². The highest BCUT2D eigenvalue weighted by Crippen LogP contribution is 2.30. The molecule has 1 aliphatic carbocycles. The zero-order chi connectivity index (χ0) is 12.8. The van der Waals surface area contributed by atoms with Crippen LogP contribution in [0.4, 0.5) is 0 Å². The summed E-state index contributed by atoms with van der Waals surface area (Å²) < 4.78 is 0. The van der Waals surface area contributed by atoms with E-state index in [9.17, 15) is 0 Å². The smallest absolute Gasteiger partial charge is 0.0879 e. The molecule has 0 aliphatic heterocycles. The molecule has 1 aliphatic rings. The molecule has 0 spiro atoms. The number of unbranched alkanes of at least 4 members (excludes halogenated alkanes) is 3. The number of thiophene rings is 1. The fraction of sp³-hybridized carbons (Fsp3) is 0.667. The van der Waals surface area contributed by atoms with Crippen molar-refractivity contribution >= 4 is 17.0 Å². The SMILES string of the molecule is CCCCCCc1cc2c(s1)CCCC/C2=N/O. The minimum Gasteiger partial charge on any atom is -0.411 e. The lowest BCUT2D eigenvalue weighted by Crippen LogP contribution is -1.98. The lowest BCUT2D eigenvalue weighted by molar-refractivity contribution is 0.318. The van der Waals surface area contributed by atoms with E-state index in [0.717, 1.165) is 25.0 Å². The minimum atomic E-state index is 0.901. The van der Waals surface area contributed by atoms with E-state index >= 15 is 0 Å². The van der Waals surface area contributed by atoms with Crippen LogP contribution in [-0.2, 0) is 12.8 Å². The van der Waals surface area contributed by atoms with Gasteiger partial charge in [-0.2, -0.15) is 0 Å². The first-order valence-electron chi connectivity index (χ1n) is 7.18. The van der Waals surface area contributed by atoms with Gasteiger partial charge in [0.1, 0.15) is 0 Å². The first-order chi connectivity index (χ1) is 8.85. The van der Waals surface area contributed by atoms with Crippen molar-refractivity contribution in [3.63, 3.8) is 0 Å². The van der Waals surface area contributed by atoms with Crippen molar-refractivity contribution < 1.29 is 5.21 Å². The van der Waals surface area contributed by atoms with Gasteiger partial charge >= 0.3 is 0 Å². The molecule has 2 rings (SSSR count). The van der Waals surface area contributed by atoms with Gasteiger partial charge in [-0.05, 0) is 44.6 Å². The third kappa shape index (κ3) is 3.35. The van der Waals surface area contributed by atoms with Crippen molar-refractivity contribution in [2.24, 2.45) is 5.16 Å². The summed E-state index contributed by atoms with van der Waals surface area (Å²) in [4.78, 5) is 2.91. The molecule has 1 N–H and O–H groups in total. The molecule has 0 saturated carbocycles. The molecule has 0 aromatic carbocycles. The van der Waals surface area contributed by atoms with Crippen molar-refractivity contribution in [2.75, 3.05) is 0 Å². The summed E-state index contributed by atoms with van der Waals surface area (Å²) >= 11 is 1.93. The Bertz CT molecular complexity index is 409. The van der Waals surface area contributed by atoms with Gasteiger partial charge in [0, 0.05) is 15.3 Å². The summed E-state index contributed by atoms with van der Waals surface area (Å²) in [5.41, 5.74) is 2.13. The summed E-state index contributed by atoms with van der Waals surface area (Å²) in [6, 6.07) is 2.27. The minimum absolute atomic E-state index is 0.901. The van der Waals surface area contributed by atoms with E-state index < -0.39 is 0 Å². The van der Waals surface area contributed by atoms with Gasteiger partial charge in [0.05, 0.1) is 5.71 Å². The van der Waals surface area contributed by atoms with E-state index in [-0.39, 0.29) is 0 Å². The topological polar surface area (TPSA) is 32.6 Å². The fourth-order valence-electron chi connectivity index (χ4n) is 2.58. The molecule has 0 fully saturated rings. The zero-order valence-corrected chi connectivity index (χ0v) is 12.1. The summed E-state index contributed by atoms with van der Waals surface area (Å²) in [5.74, 6) is 0. The number of fused-ring (bicyclic) bond motifs is 1. The summed E-state index contributed by atoms with van der Waals surface area (Å²) in [6.45, 7) is 2.25. The van der Waals surface area contributed by atoms with Gasteiger partial charge in [-0.1, -0.05) is 31.3 Å². The molecule has 1 heterocycles. The second-order valence-electron chi connectivity index (χ2n) is 5.11. The predicted octanol–water partition coefficient (Wildman–Crippen LogP) is 4.78. The Morgan fingerprint density at radius 1 is 1.22 bits per heavy atom. The maximum Gasteiger partial charge on any atom is 0.0879 e. The molecule has 1 aromatic rings. The Balaban J connectivity index is 2.02. The van der Waals surface area contributed by atoms with Crippen LogP contribution in [0.2, 0.25) is 0 Å². The van der Waals surface area contributed by atoms with E-state index in [1.54, 1.807) is 0 Å². The molecular formula is C15H23NOS. The molecule has 0 radical (unpaired) electrons. The summed E-state index contributed by atoms with van der Waals surface area (Å²) in [6.07, 6.45) is 10.9. The molecular weight excluding hydrogens is 242 g/mol. The van der Waals surface area contributed by atoms with Gasteiger partial charge in [-0.25, -0.2) is 0 Å². The van der Waals surface area contributed by atoms with Crippen molar-refractivity contribution in [3.8, 4) is 0 Å². The third-order valence-corrected chi connectivity index (χ3v) is 4.89. The molecule has 18 heavy (non-hydrogen) atoms. The number of hydrogen-bond donors (Lipinski definition) is 1. The van der Waals surface area contributed by atoms with Crippen LogP contribution >= 0.6 is 11.3 Å². The van der Waals surface area contributed by atoms with Crippen molar-refractivity contribution in [1.82, 2.24) is 0 Å². The van der Waals surface area contributed by atoms with Gasteiger partial charge in [-0.15, -0.1) is 11.3 Å². The van der Waals surface area contributed by atoms with Crippen LogP contribution in [0.1, 0.15) is 67.2 Å². The monoisotopic (exact) mass is 265 g/mol. The van der Waals surface area contributed by atoms with Gasteiger partial charge in [0.25, 0.3) is 0 Å². The number of aryl methyl sites for hydroxylation is 2. The molecule has 100 valence electrons. The predicted molar refractivity (Wildman–Crippen MR) is 78.0 cm³/mol. The van der Waals surface area contributed by atoms with Gasteiger partial charge in [0.2, 0.25) is 0 Å². The Morgan fingerprint density at radius 3 is 2.83 bits per heavy atom. The van der Waals surface area contributed by atoms with E-state index in [1.807, 2.05) is 11.3 Å². The van der Waals surface area contributed by atoms with Crippen LogP contribution in [0.5, 0.6) is 0 Å². The average Bonchev–Trinajstić information content (AvgIpc) is 2.69. The normalized spacial score (nSPS) is 17.7. The Morgan fingerprint density at radius 2 is 2.06 bits per heavy atom. The Labute approximate surface area is 114 Å². The van der Waals surface area contributed by atoms with Crippen LogP contribution in [0, 0.1) is 0 Å². The number of oxime groups is 1.